The average Bonchev–Trinajstić information content (AvgIpc) is 3.28. The van der Waals surface area contributed by atoms with Gasteiger partial charge in [0.05, 0.1) is 45.2 Å². The smallest absolute Gasteiger partial charge is 0.744 e. The van der Waals surface area contributed by atoms with Gasteiger partial charge in [-0.1, -0.05) is 6.07 Å². The van der Waals surface area contributed by atoms with E-state index in [1.807, 2.05) is 0 Å². The maximum Gasteiger partial charge on any atom is 1.00 e. The Morgan fingerprint density at radius 3 is 1.52 bits per heavy atom. The SMILES string of the molecule is COc1cc(N=Nc2ccc(N=Nc3cc(S(=O)(=O)[O-])ccc3S(=O)(=O)[O-])c3ccc(S(=O)(=O)[O-])cc23)c(OC)cc1N=Nc1c(S(=O)(=O)[O-])cc2cc(NC(=O)c3ccc(N)cc3)ccc2c1O.[Na+].[Na+].[Na+].[Na+]. The van der Waals surface area contributed by atoms with Crippen molar-refractivity contribution in [1.82, 2.24) is 0 Å². The van der Waals surface area contributed by atoms with E-state index in [-0.39, 0.29) is 185 Å². The van der Waals surface area contributed by atoms with Crippen LogP contribution in [0.15, 0.2) is 159 Å². The summed E-state index contributed by atoms with van der Waals surface area (Å²) in [7, 11) is -18.4. The number of nitrogen functional groups attached to an aromatic ring is 1. The van der Waals surface area contributed by atoms with Crippen molar-refractivity contribution in [3.8, 4) is 17.2 Å². The minimum absolute atomic E-state index is 0. The number of phenolic OH excluding ortho intramolecular Hbond substituents is 1. The molecule has 0 spiro atoms. The normalized spacial score (nSPS) is 12.0. The van der Waals surface area contributed by atoms with Gasteiger partial charge in [-0.25, -0.2) is 33.7 Å². The zero-order valence-electron chi connectivity index (χ0n) is 38.9. The zero-order chi connectivity index (χ0) is 50.2. The van der Waals surface area contributed by atoms with E-state index >= 15 is 0 Å². The number of phenols is 1. The molecular formula is C41H28N8Na4O16S4. The molecule has 7 aromatic rings. The Morgan fingerprint density at radius 2 is 0.986 bits per heavy atom. The van der Waals surface area contributed by atoms with Crippen molar-refractivity contribution in [3.05, 3.63) is 115 Å². The van der Waals surface area contributed by atoms with Crippen LogP contribution in [0.5, 0.6) is 17.2 Å². The number of anilines is 2. The third-order valence-electron chi connectivity index (χ3n) is 9.74. The standard InChI is InChI=1S/C41H32N8O16S4.4Na/c1-64-35-20-33(47-49-39-38(69(61,62)63)16-22-15-24(7-10-27(22)40(39)50)43-41(51)21-3-5-23(42)6-4-21)36(65-2)19-32(35)46-45-31-13-12-30(28-11-8-25(17-29(28)31)66(52,53)54)44-48-34-18-26(67(55,56)57)9-14-37(34)68(58,59)60;;;;/h3-20,50H,42H2,1-2H3,(H,43,51)(H,52,53,54)(H,55,56,57)(H,58,59,60)(H,61,62,63);;;;/q;4*+1/p-4. The number of ether oxygens (including phenoxy) is 2. The van der Waals surface area contributed by atoms with Crippen molar-refractivity contribution in [2.24, 2.45) is 30.7 Å². The molecule has 7 aromatic carbocycles. The Hall–Kier alpha value is -3.83. The first-order valence-corrected chi connectivity index (χ1v) is 24.5. The zero-order valence-corrected chi connectivity index (χ0v) is 50.1. The van der Waals surface area contributed by atoms with Crippen LogP contribution in [0.25, 0.3) is 21.5 Å². The molecule has 0 aliphatic rings. The molecule has 0 aromatic heterocycles. The first kappa shape index (κ1) is 63.5. The molecular weight excluding hydrogens is 1080 g/mol. The fourth-order valence-corrected chi connectivity index (χ4v) is 8.69. The van der Waals surface area contributed by atoms with E-state index in [0.717, 1.165) is 24.3 Å². The minimum atomic E-state index is -5.33. The fourth-order valence-electron chi connectivity index (χ4n) is 6.46. The van der Waals surface area contributed by atoms with Gasteiger partial charge in [0.1, 0.15) is 74.7 Å². The number of methoxy groups -OCH3 is 2. The Labute approximate surface area is 504 Å². The molecule has 1 amide bonds. The van der Waals surface area contributed by atoms with Crippen molar-refractivity contribution >= 4 is 113 Å². The van der Waals surface area contributed by atoms with E-state index in [0.29, 0.717) is 23.9 Å². The van der Waals surface area contributed by atoms with E-state index in [4.69, 9.17) is 15.2 Å². The molecule has 0 heterocycles. The molecule has 0 saturated heterocycles. The second-order valence-corrected chi connectivity index (χ2v) is 19.6. The number of hydrogen-bond donors (Lipinski definition) is 3. The number of nitrogens with two attached hydrogens (primary N) is 1. The molecule has 0 atom stereocenters. The molecule has 73 heavy (non-hydrogen) atoms. The minimum Gasteiger partial charge on any atom is -0.744 e. The summed E-state index contributed by atoms with van der Waals surface area (Å²) in [4.78, 5) is 9.14. The van der Waals surface area contributed by atoms with Crippen molar-refractivity contribution < 1.29 is 189 Å². The molecule has 0 aliphatic heterocycles. The summed E-state index contributed by atoms with van der Waals surface area (Å²) in [5.41, 5.74) is 4.50. The second kappa shape index (κ2) is 25.3. The topological polar surface area (TPSA) is 397 Å². The van der Waals surface area contributed by atoms with E-state index in [9.17, 15) is 61.8 Å². The van der Waals surface area contributed by atoms with Crippen LogP contribution in [0.3, 0.4) is 0 Å². The molecule has 0 saturated carbocycles. The molecule has 7 rings (SSSR count). The summed E-state index contributed by atoms with van der Waals surface area (Å²) in [5.74, 6) is -1.46. The van der Waals surface area contributed by atoms with Gasteiger partial charge in [-0.3, -0.25) is 4.79 Å². The summed E-state index contributed by atoms with van der Waals surface area (Å²) >= 11 is 0. The van der Waals surface area contributed by atoms with Gasteiger partial charge >= 0.3 is 118 Å². The van der Waals surface area contributed by atoms with Crippen LogP contribution in [-0.4, -0.2) is 77.1 Å². The van der Waals surface area contributed by atoms with Crippen molar-refractivity contribution in [2.75, 3.05) is 25.3 Å². The summed E-state index contributed by atoms with van der Waals surface area (Å²) in [5, 5.41) is 37.7. The van der Waals surface area contributed by atoms with Crippen LogP contribution in [0.2, 0.25) is 0 Å². The first-order valence-electron chi connectivity index (χ1n) is 18.9. The van der Waals surface area contributed by atoms with Gasteiger partial charge in [-0.05, 0) is 96.4 Å². The van der Waals surface area contributed by atoms with Crippen molar-refractivity contribution in [3.63, 3.8) is 0 Å². The van der Waals surface area contributed by atoms with Gasteiger partial charge in [0, 0.05) is 45.2 Å². The summed E-state index contributed by atoms with van der Waals surface area (Å²) in [6.45, 7) is 0. The van der Waals surface area contributed by atoms with Crippen LogP contribution < -0.4 is 139 Å². The number of hydrogen-bond acceptors (Lipinski definition) is 23. The molecule has 356 valence electrons. The summed E-state index contributed by atoms with van der Waals surface area (Å²) in [6.07, 6.45) is 0. The Balaban J connectivity index is 0.00000352. The van der Waals surface area contributed by atoms with E-state index < -0.39 is 83.1 Å². The van der Waals surface area contributed by atoms with Gasteiger partial charge in [-0.2, -0.15) is 0 Å². The van der Waals surface area contributed by atoms with Crippen LogP contribution >= 0.6 is 0 Å². The average molecular weight is 1110 g/mol. The number of nitrogens with one attached hydrogen (secondary N) is 1. The Bertz CT molecular complexity index is 3860. The van der Waals surface area contributed by atoms with Gasteiger partial charge in [0.25, 0.3) is 5.91 Å². The number of carbonyl (C=O) groups is 1. The molecule has 0 bridgehead atoms. The maximum atomic E-state index is 12.8. The van der Waals surface area contributed by atoms with Crippen molar-refractivity contribution in [2.45, 2.75) is 19.6 Å². The number of aromatic hydroxyl groups is 1. The number of azo groups is 3. The largest absolute Gasteiger partial charge is 1.00 e. The number of fused-ring (bicyclic) bond motifs is 2. The predicted molar refractivity (Wildman–Crippen MR) is 239 cm³/mol. The third-order valence-corrected chi connectivity index (χ3v) is 13.1. The Kier molecular flexibility index (Phi) is 22.0. The van der Waals surface area contributed by atoms with Gasteiger partial charge < -0.3 is 43.8 Å². The summed E-state index contributed by atoms with van der Waals surface area (Å²) < 4.78 is 155. The fraction of sp³-hybridized carbons (Fsp3) is 0.0488. The monoisotopic (exact) mass is 1110 g/mol. The first-order chi connectivity index (χ1) is 32.3. The van der Waals surface area contributed by atoms with Crippen molar-refractivity contribution in [1.29, 1.82) is 0 Å². The van der Waals surface area contributed by atoms with Crippen LogP contribution in [0, 0.1) is 0 Å². The number of benzene rings is 7. The van der Waals surface area contributed by atoms with Crippen LogP contribution in [0.1, 0.15) is 10.4 Å². The predicted octanol–water partition coefficient (Wildman–Crippen LogP) is -4.57. The van der Waals surface area contributed by atoms with Gasteiger partial charge in [0.2, 0.25) is 0 Å². The molecule has 0 fully saturated rings. The van der Waals surface area contributed by atoms with E-state index in [1.54, 1.807) is 0 Å². The Morgan fingerprint density at radius 1 is 0.507 bits per heavy atom. The molecule has 24 nitrogen and oxygen atoms in total. The number of nitrogens with zero attached hydrogens (tertiary/aromatic N) is 6. The molecule has 4 N–H and O–H groups in total. The van der Waals surface area contributed by atoms with E-state index in [2.05, 4.69) is 36.0 Å². The van der Waals surface area contributed by atoms with Gasteiger partial charge in [-0.15, -0.1) is 30.7 Å². The molecule has 0 unspecified atom stereocenters. The maximum absolute atomic E-state index is 12.8. The molecule has 0 radical (unpaired) electrons. The van der Waals surface area contributed by atoms with Crippen LogP contribution in [0.4, 0.5) is 45.5 Å². The number of rotatable bonds is 14. The van der Waals surface area contributed by atoms with E-state index in [1.165, 1.54) is 80.9 Å². The summed E-state index contributed by atoms with van der Waals surface area (Å²) in [6, 6.07) is 20.6. The quantitative estimate of drug-likeness (QED) is 0.0399. The number of carbonyl (C=O) groups excluding carboxylic acids is 1. The molecule has 32 heteroatoms. The molecule has 0 aliphatic carbocycles. The number of amides is 1. The third kappa shape index (κ3) is 15.0. The van der Waals surface area contributed by atoms with Gasteiger partial charge in [0.15, 0.2) is 5.75 Å². The van der Waals surface area contributed by atoms with Crippen LogP contribution in [-0.2, 0) is 40.5 Å². The second-order valence-electron chi connectivity index (χ2n) is 14.1.